The van der Waals surface area contributed by atoms with Crippen molar-refractivity contribution in [2.45, 2.75) is 56.6 Å². The Kier molecular flexibility index (Phi) is 3.47. The Morgan fingerprint density at radius 1 is 1.47 bits per heavy atom. The highest BCUT2D eigenvalue weighted by atomic mass is 16.7. The van der Waals surface area contributed by atoms with Crippen molar-refractivity contribution in [3.8, 4) is 0 Å². The number of fused-ring (bicyclic) bond motifs is 1. The fourth-order valence-corrected chi connectivity index (χ4v) is 2.58. The van der Waals surface area contributed by atoms with Gasteiger partial charge in [0.1, 0.15) is 5.54 Å². The van der Waals surface area contributed by atoms with Crippen molar-refractivity contribution >= 4 is 14.4 Å². The number of aliphatic hydroxyl groups is 1. The van der Waals surface area contributed by atoms with Crippen LogP contribution in [0.15, 0.2) is 4.99 Å². The largest absolute Gasteiger partial charge is 0.560 e. The quantitative estimate of drug-likeness (QED) is 0.420. The molecule has 0 aromatic rings. The van der Waals surface area contributed by atoms with Crippen LogP contribution in [0.3, 0.4) is 0 Å². The molecule has 2 unspecified atom stereocenters. The third-order valence-electron chi connectivity index (χ3n) is 3.55. The summed E-state index contributed by atoms with van der Waals surface area (Å²) in [6.07, 6.45) is 3.29. The Labute approximate surface area is 103 Å². The van der Waals surface area contributed by atoms with E-state index in [4.69, 9.17) is 14.1 Å². The molecule has 2 fully saturated rings. The summed E-state index contributed by atoms with van der Waals surface area (Å²) >= 11 is 0. The van der Waals surface area contributed by atoms with Crippen LogP contribution in [0.2, 0.25) is 0 Å². The maximum Gasteiger partial charge on any atom is 0.323 e. The van der Waals surface area contributed by atoms with E-state index in [-0.39, 0.29) is 6.10 Å². The van der Waals surface area contributed by atoms with Crippen molar-refractivity contribution in [3.05, 3.63) is 0 Å². The summed E-state index contributed by atoms with van der Waals surface area (Å²) in [6.45, 7) is 4.14. The van der Waals surface area contributed by atoms with E-state index >= 15 is 0 Å². The molecule has 3 atom stereocenters. The van der Waals surface area contributed by atoms with Crippen LogP contribution in [0.5, 0.6) is 0 Å². The normalized spacial score (nSPS) is 41.1. The lowest BCUT2D eigenvalue weighted by atomic mass is 9.76. The van der Waals surface area contributed by atoms with Crippen LogP contribution < -0.4 is 0 Å². The number of hydrogen-bond donors (Lipinski definition) is 1. The third-order valence-corrected chi connectivity index (χ3v) is 3.55. The lowest BCUT2D eigenvalue weighted by molar-refractivity contribution is -0.314. The van der Waals surface area contributed by atoms with Gasteiger partial charge in [-0.25, -0.2) is 4.99 Å². The second kappa shape index (κ2) is 4.59. The first-order valence-electron chi connectivity index (χ1n) is 6.06. The molecular weight excluding hydrogens is 221 g/mol. The van der Waals surface area contributed by atoms with Crippen LogP contribution in [0, 0.1) is 0 Å². The van der Waals surface area contributed by atoms with E-state index in [2.05, 4.69) is 4.99 Å². The van der Waals surface area contributed by atoms with E-state index in [9.17, 15) is 5.11 Å². The number of nitrogens with zero attached hydrogens (tertiary/aromatic N) is 1. The highest BCUT2D eigenvalue weighted by Gasteiger charge is 2.54. The Balaban J connectivity index is 2.25. The van der Waals surface area contributed by atoms with Gasteiger partial charge in [0.2, 0.25) is 0 Å². The van der Waals surface area contributed by atoms with Gasteiger partial charge >= 0.3 is 8.05 Å². The minimum atomic E-state index is -0.705. The van der Waals surface area contributed by atoms with Gasteiger partial charge in [-0.1, -0.05) is 0 Å². The van der Waals surface area contributed by atoms with Gasteiger partial charge in [-0.15, -0.1) is 0 Å². The number of aliphatic imine (C=N–C) groups is 1. The van der Waals surface area contributed by atoms with E-state index in [1.807, 2.05) is 13.8 Å². The van der Waals surface area contributed by atoms with Crippen molar-refractivity contribution in [2.24, 2.45) is 4.99 Å². The van der Waals surface area contributed by atoms with Gasteiger partial charge in [0.15, 0.2) is 12.2 Å². The Bertz CT molecular complexity index is 310. The molecule has 5 nitrogen and oxygen atoms in total. The van der Waals surface area contributed by atoms with Crippen molar-refractivity contribution < 1.29 is 19.2 Å². The molecule has 1 aliphatic heterocycles. The van der Waals surface area contributed by atoms with E-state index in [1.165, 1.54) is 6.40 Å². The molecule has 2 aliphatic rings. The molecule has 17 heavy (non-hydrogen) atoms. The fraction of sp³-hybridized carbons (Fsp3) is 0.909. The van der Waals surface area contributed by atoms with Gasteiger partial charge in [-0.2, -0.15) is 0 Å². The molecular formula is C11H20BNO4. The molecule has 1 saturated heterocycles. The van der Waals surface area contributed by atoms with Crippen LogP contribution in [-0.4, -0.2) is 49.7 Å². The zero-order chi connectivity index (χ0) is 12.5. The van der Waals surface area contributed by atoms with Gasteiger partial charge in [-0.3, -0.25) is 0 Å². The number of ether oxygens (including phenoxy) is 2. The lowest BCUT2D eigenvalue weighted by Crippen LogP contribution is -2.64. The lowest BCUT2D eigenvalue weighted by Gasteiger charge is -2.51. The van der Waals surface area contributed by atoms with Crippen LogP contribution in [-0.2, 0) is 14.1 Å². The van der Waals surface area contributed by atoms with Gasteiger partial charge in [0.25, 0.3) is 0 Å². The van der Waals surface area contributed by atoms with Crippen LogP contribution in [0.1, 0.15) is 33.1 Å². The van der Waals surface area contributed by atoms with Crippen LogP contribution in [0.4, 0.5) is 0 Å². The molecule has 1 saturated carbocycles. The molecule has 2 rings (SSSR count). The van der Waals surface area contributed by atoms with Gasteiger partial charge < -0.3 is 19.2 Å². The molecule has 1 heterocycles. The summed E-state index contributed by atoms with van der Waals surface area (Å²) in [5.41, 5.74) is -0.705. The maximum absolute atomic E-state index is 10.2. The molecule has 96 valence electrons. The molecule has 0 amide bonds. The minimum Gasteiger partial charge on any atom is -0.560 e. The van der Waals surface area contributed by atoms with E-state index in [0.29, 0.717) is 6.61 Å². The second-order valence-corrected chi connectivity index (χ2v) is 5.20. The molecule has 1 N–H and O–H groups in total. The topological polar surface area (TPSA) is 60.3 Å². The van der Waals surface area contributed by atoms with Crippen molar-refractivity contribution in [2.75, 3.05) is 6.61 Å². The molecule has 0 spiro atoms. The van der Waals surface area contributed by atoms with Gasteiger partial charge in [-0.05, 0) is 33.1 Å². The van der Waals surface area contributed by atoms with Gasteiger partial charge in [0.05, 0.1) is 18.8 Å². The van der Waals surface area contributed by atoms with E-state index in [1.54, 1.807) is 8.05 Å². The monoisotopic (exact) mass is 241 g/mol. The van der Waals surface area contributed by atoms with Crippen LogP contribution in [0.25, 0.3) is 0 Å². The molecule has 0 radical (unpaired) electrons. The first kappa shape index (κ1) is 12.9. The summed E-state index contributed by atoms with van der Waals surface area (Å²) < 4.78 is 16.4. The van der Waals surface area contributed by atoms with Crippen molar-refractivity contribution in [1.82, 2.24) is 0 Å². The molecule has 1 aliphatic carbocycles. The Morgan fingerprint density at radius 2 is 2.24 bits per heavy atom. The zero-order valence-electron chi connectivity index (χ0n) is 10.7. The maximum atomic E-state index is 10.2. The number of rotatable bonds is 2. The summed E-state index contributed by atoms with van der Waals surface area (Å²) in [7, 11) is 1.54. The summed E-state index contributed by atoms with van der Waals surface area (Å²) in [5.74, 6) is -0.603. The molecule has 0 aromatic carbocycles. The van der Waals surface area contributed by atoms with E-state index < -0.39 is 17.4 Å². The summed E-state index contributed by atoms with van der Waals surface area (Å²) in [6, 6.07) is 0. The predicted octanol–water partition coefficient (Wildman–Crippen LogP) is 0.0145. The fourth-order valence-electron chi connectivity index (χ4n) is 2.58. The van der Waals surface area contributed by atoms with Crippen molar-refractivity contribution in [3.63, 3.8) is 0 Å². The van der Waals surface area contributed by atoms with Crippen molar-refractivity contribution in [1.29, 1.82) is 0 Å². The smallest absolute Gasteiger partial charge is 0.323 e. The number of aliphatic hydroxyl groups excluding tert-OH is 1. The highest BCUT2D eigenvalue weighted by molar-refractivity contribution is 6.02. The highest BCUT2D eigenvalue weighted by Crippen LogP contribution is 2.41. The second-order valence-electron chi connectivity index (χ2n) is 5.20. The zero-order valence-corrected chi connectivity index (χ0v) is 10.7. The minimum absolute atomic E-state index is 0.110. The average molecular weight is 241 g/mol. The third kappa shape index (κ3) is 2.34. The molecule has 0 bridgehead atoms. The van der Waals surface area contributed by atoms with Gasteiger partial charge in [0, 0.05) is 0 Å². The van der Waals surface area contributed by atoms with E-state index in [0.717, 1.165) is 19.3 Å². The van der Waals surface area contributed by atoms with Crippen LogP contribution >= 0.6 is 0 Å². The first-order valence-corrected chi connectivity index (χ1v) is 6.06. The molecule has 0 aromatic heterocycles. The first-order chi connectivity index (χ1) is 8.00. The average Bonchev–Trinajstić information content (AvgIpc) is 2.27. The summed E-state index contributed by atoms with van der Waals surface area (Å²) in [5, 5.41) is 10.2. The standard InChI is InChI=1S/C11H20BNO4/c1-10(2)15-6-11(13-7-16-12)8(14)4-3-5-9(11)17-10/h7-9,14H,3-6,12H2,1-2H3/t8?,9?,11-/m1/s1. The molecule has 6 heteroatoms. The Morgan fingerprint density at radius 3 is 2.94 bits per heavy atom. The summed E-state index contributed by atoms with van der Waals surface area (Å²) in [4.78, 5) is 4.35. The predicted molar refractivity (Wildman–Crippen MR) is 65.6 cm³/mol. The number of hydrogen-bond acceptors (Lipinski definition) is 5. The Hall–Kier alpha value is -0.585. The SMILES string of the molecule is BOC=N[C@@]12COC(C)(C)OC1CCCC2O.